The Hall–Kier alpha value is -1.34. The molecule has 6 nitrogen and oxygen atoms in total. The van der Waals surface area contributed by atoms with Crippen LogP contribution in [0.5, 0.6) is 0 Å². The third-order valence-corrected chi connectivity index (χ3v) is 3.61. The highest BCUT2D eigenvalue weighted by atomic mass is 32.1. The Balaban J connectivity index is 1.89. The van der Waals surface area contributed by atoms with E-state index in [0.29, 0.717) is 23.3 Å². The highest BCUT2D eigenvalue weighted by Gasteiger charge is 2.24. The minimum absolute atomic E-state index is 0.143. The van der Waals surface area contributed by atoms with Gasteiger partial charge in [0.2, 0.25) is 0 Å². The van der Waals surface area contributed by atoms with Gasteiger partial charge in [-0.2, -0.15) is 0 Å². The van der Waals surface area contributed by atoms with Gasteiger partial charge < -0.3 is 21.3 Å². The molecule has 100 valence electrons. The summed E-state index contributed by atoms with van der Waals surface area (Å²) in [5.74, 6) is 0.168. The molecule has 0 saturated heterocycles. The van der Waals surface area contributed by atoms with Gasteiger partial charge in [-0.05, 0) is 26.9 Å². The zero-order chi connectivity index (χ0) is 13.1. The fourth-order valence-electron chi connectivity index (χ4n) is 1.43. The van der Waals surface area contributed by atoms with Gasteiger partial charge in [0, 0.05) is 19.1 Å². The molecule has 1 aliphatic rings. The van der Waals surface area contributed by atoms with E-state index in [2.05, 4.69) is 15.6 Å². The summed E-state index contributed by atoms with van der Waals surface area (Å²) in [4.78, 5) is 18.6. The second-order valence-corrected chi connectivity index (χ2v) is 5.71. The van der Waals surface area contributed by atoms with Gasteiger partial charge in [0.05, 0.1) is 0 Å². The van der Waals surface area contributed by atoms with Crippen LogP contribution in [-0.4, -0.2) is 49.0 Å². The number of nitrogens with two attached hydrogens (primary N) is 1. The average Bonchev–Trinajstić information content (AvgIpc) is 3.01. The fraction of sp³-hybridized carbons (Fsp3) is 0.636. The Bertz CT molecular complexity index is 427. The first-order valence-corrected chi connectivity index (χ1v) is 6.83. The molecule has 1 heterocycles. The van der Waals surface area contributed by atoms with E-state index >= 15 is 0 Å². The number of hydrogen-bond donors (Lipinski definition) is 3. The zero-order valence-electron chi connectivity index (χ0n) is 10.7. The lowest BCUT2D eigenvalue weighted by Crippen LogP contribution is -2.31. The lowest BCUT2D eigenvalue weighted by atomic mass is 10.4. The number of thiazole rings is 1. The fourth-order valence-corrected chi connectivity index (χ4v) is 2.31. The Morgan fingerprint density at radius 3 is 2.89 bits per heavy atom. The van der Waals surface area contributed by atoms with Crippen molar-refractivity contribution in [3.05, 3.63) is 4.88 Å². The lowest BCUT2D eigenvalue weighted by Gasteiger charge is -2.09. The molecule has 0 unspecified atom stereocenters. The molecule has 0 aromatic carbocycles. The number of anilines is 2. The summed E-state index contributed by atoms with van der Waals surface area (Å²) >= 11 is 1.32. The van der Waals surface area contributed by atoms with Gasteiger partial charge in [-0.1, -0.05) is 11.3 Å². The molecule has 2 rings (SSSR count). The summed E-state index contributed by atoms with van der Waals surface area (Å²) in [5.41, 5.74) is 5.76. The van der Waals surface area contributed by atoms with Crippen molar-refractivity contribution in [1.29, 1.82) is 0 Å². The summed E-state index contributed by atoms with van der Waals surface area (Å²) in [5, 5.41) is 6.82. The number of aromatic nitrogens is 1. The largest absolute Gasteiger partial charge is 0.382 e. The van der Waals surface area contributed by atoms with Crippen molar-refractivity contribution in [3.63, 3.8) is 0 Å². The first-order chi connectivity index (χ1) is 8.56. The summed E-state index contributed by atoms with van der Waals surface area (Å²) in [7, 11) is 3.93. The lowest BCUT2D eigenvalue weighted by molar-refractivity contribution is 0.0956. The van der Waals surface area contributed by atoms with Crippen molar-refractivity contribution < 1.29 is 4.79 Å². The van der Waals surface area contributed by atoms with Gasteiger partial charge >= 0.3 is 0 Å². The predicted molar refractivity (Wildman–Crippen MR) is 74.1 cm³/mol. The molecule has 7 heteroatoms. The zero-order valence-corrected chi connectivity index (χ0v) is 11.5. The molecular weight excluding hydrogens is 250 g/mol. The molecule has 0 radical (unpaired) electrons. The van der Waals surface area contributed by atoms with Crippen molar-refractivity contribution in [2.45, 2.75) is 18.9 Å². The normalized spacial score (nSPS) is 14.8. The van der Waals surface area contributed by atoms with Crippen LogP contribution in [0, 0.1) is 0 Å². The van der Waals surface area contributed by atoms with Crippen LogP contribution < -0.4 is 16.4 Å². The van der Waals surface area contributed by atoms with E-state index in [4.69, 9.17) is 5.73 Å². The Morgan fingerprint density at radius 2 is 2.28 bits per heavy atom. The smallest absolute Gasteiger partial charge is 0.265 e. The molecule has 1 saturated carbocycles. The molecule has 0 aliphatic heterocycles. The first-order valence-electron chi connectivity index (χ1n) is 6.02. The van der Waals surface area contributed by atoms with Gasteiger partial charge in [-0.15, -0.1) is 0 Å². The molecule has 0 spiro atoms. The molecule has 18 heavy (non-hydrogen) atoms. The van der Waals surface area contributed by atoms with E-state index in [1.54, 1.807) is 0 Å². The number of carbonyl (C=O) groups excluding carboxylic acids is 1. The highest BCUT2D eigenvalue weighted by molar-refractivity contribution is 7.18. The maximum Gasteiger partial charge on any atom is 0.265 e. The standard InChI is InChI=1S/C11H19N5OS/c1-16(2)6-5-13-10(17)8-9(12)15-11(18-8)14-7-3-4-7/h7H,3-6,12H2,1-2H3,(H,13,17)(H,14,15). The van der Waals surface area contributed by atoms with Crippen LogP contribution in [0.15, 0.2) is 0 Å². The number of likely N-dealkylation sites (N-methyl/N-ethyl adjacent to an activating group) is 1. The first kappa shape index (κ1) is 13.1. The van der Waals surface area contributed by atoms with Crippen LogP contribution in [0.25, 0.3) is 0 Å². The van der Waals surface area contributed by atoms with Crippen LogP contribution in [0.3, 0.4) is 0 Å². The molecule has 1 amide bonds. The van der Waals surface area contributed by atoms with Crippen LogP contribution in [0.1, 0.15) is 22.5 Å². The molecular formula is C11H19N5OS. The summed E-state index contributed by atoms with van der Waals surface area (Å²) in [6.45, 7) is 1.41. The maximum atomic E-state index is 11.9. The van der Waals surface area contributed by atoms with Gasteiger partial charge in [0.25, 0.3) is 5.91 Å². The number of nitrogen functional groups attached to an aromatic ring is 1. The third-order valence-electron chi connectivity index (χ3n) is 2.61. The number of amides is 1. The minimum atomic E-state index is -0.143. The second-order valence-electron chi connectivity index (χ2n) is 4.71. The Labute approximate surface area is 111 Å². The Morgan fingerprint density at radius 1 is 1.56 bits per heavy atom. The van der Waals surface area contributed by atoms with Crippen LogP contribution >= 0.6 is 11.3 Å². The SMILES string of the molecule is CN(C)CCNC(=O)c1sc(NC2CC2)nc1N. The molecule has 1 aromatic rings. The molecule has 0 atom stereocenters. The maximum absolute atomic E-state index is 11.9. The third kappa shape index (κ3) is 3.58. The van der Waals surface area contributed by atoms with E-state index in [1.165, 1.54) is 24.2 Å². The molecule has 4 N–H and O–H groups in total. The molecule has 0 bridgehead atoms. The van der Waals surface area contributed by atoms with E-state index in [-0.39, 0.29) is 5.91 Å². The van der Waals surface area contributed by atoms with Crippen LogP contribution in [0.2, 0.25) is 0 Å². The predicted octanol–water partition coefficient (Wildman–Crippen LogP) is 0.591. The van der Waals surface area contributed by atoms with Crippen molar-refractivity contribution in [1.82, 2.24) is 15.2 Å². The number of nitrogens with one attached hydrogen (secondary N) is 2. The van der Waals surface area contributed by atoms with Crippen molar-refractivity contribution in [2.24, 2.45) is 0 Å². The quantitative estimate of drug-likeness (QED) is 0.704. The highest BCUT2D eigenvalue weighted by Crippen LogP contribution is 2.30. The number of hydrogen-bond acceptors (Lipinski definition) is 6. The van der Waals surface area contributed by atoms with Gasteiger partial charge in [0.1, 0.15) is 10.7 Å². The number of rotatable bonds is 6. The van der Waals surface area contributed by atoms with Crippen molar-refractivity contribution in [3.8, 4) is 0 Å². The monoisotopic (exact) mass is 269 g/mol. The van der Waals surface area contributed by atoms with Crippen LogP contribution in [0.4, 0.5) is 10.9 Å². The van der Waals surface area contributed by atoms with Gasteiger partial charge in [-0.3, -0.25) is 4.79 Å². The molecule has 1 aliphatic carbocycles. The van der Waals surface area contributed by atoms with E-state index in [1.807, 2.05) is 19.0 Å². The minimum Gasteiger partial charge on any atom is -0.382 e. The molecule has 1 aromatic heterocycles. The van der Waals surface area contributed by atoms with Crippen molar-refractivity contribution >= 4 is 28.2 Å². The summed E-state index contributed by atoms with van der Waals surface area (Å²) < 4.78 is 0. The second kappa shape index (κ2) is 5.53. The van der Waals surface area contributed by atoms with Crippen molar-refractivity contribution in [2.75, 3.05) is 38.2 Å². The van der Waals surface area contributed by atoms with E-state index < -0.39 is 0 Å². The van der Waals surface area contributed by atoms with Gasteiger partial charge in [0.15, 0.2) is 5.13 Å². The van der Waals surface area contributed by atoms with Gasteiger partial charge in [-0.25, -0.2) is 4.98 Å². The summed E-state index contributed by atoms with van der Waals surface area (Å²) in [6.07, 6.45) is 2.34. The Kier molecular flexibility index (Phi) is 4.03. The number of nitrogens with zero attached hydrogens (tertiary/aromatic N) is 2. The summed E-state index contributed by atoms with van der Waals surface area (Å²) in [6, 6.07) is 0.514. The molecule has 1 fully saturated rings. The topological polar surface area (TPSA) is 83.3 Å². The van der Waals surface area contributed by atoms with E-state index in [0.717, 1.165) is 11.7 Å². The average molecular weight is 269 g/mol. The van der Waals surface area contributed by atoms with Crippen LogP contribution in [-0.2, 0) is 0 Å². The van der Waals surface area contributed by atoms with E-state index in [9.17, 15) is 4.79 Å². The number of carbonyl (C=O) groups is 1.